The number of aromatic hydroxyl groups is 1. The topological polar surface area (TPSA) is 64.6 Å². The quantitative estimate of drug-likeness (QED) is 0.758. The largest absolute Gasteiger partial charge is 0.508 e. The molecule has 0 aliphatic carbocycles. The van der Waals surface area contributed by atoms with E-state index in [4.69, 9.17) is 0 Å². The fraction of sp³-hybridized carbons (Fsp3) is 0.533. The summed E-state index contributed by atoms with van der Waals surface area (Å²) in [5.41, 5.74) is 0.478. The highest BCUT2D eigenvalue weighted by Crippen LogP contribution is 2.16. The number of phenolic OH excluding ortho intramolecular Hbond substituents is 1. The van der Waals surface area contributed by atoms with Crippen molar-refractivity contribution in [1.82, 2.24) is 15.5 Å². The molecule has 0 unspecified atom stereocenters. The van der Waals surface area contributed by atoms with Gasteiger partial charge in [0.05, 0.1) is 5.54 Å². The number of hydrogen-bond donors (Lipinski definition) is 3. The normalized spacial score (nSPS) is 16.9. The summed E-state index contributed by atoms with van der Waals surface area (Å²) in [7, 11) is 0. The minimum absolute atomic E-state index is 0.0347. The summed E-state index contributed by atoms with van der Waals surface area (Å²) >= 11 is 0. The van der Waals surface area contributed by atoms with Crippen LogP contribution in [-0.2, 0) is 11.3 Å². The van der Waals surface area contributed by atoms with E-state index in [-0.39, 0.29) is 11.7 Å². The van der Waals surface area contributed by atoms with Gasteiger partial charge < -0.3 is 15.7 Å². The maximum absolute atomic E-state index is 12.4. The molecule has 0 saturated carbocycles. The Morgan fingerprint density at radius 2 is 1.90 bits per heavy atom. The summed E-state index contributed by atoms with van der Waals surface area (Å²) in [6.45, 7) is 8.03. The number of hydrogen-bond acceptors (Lipinski definition) is 4. The van der Waals surface area contributed by atoms with Crippen LogP contribution in [-0.4, -0.2) is 47.6 Å². The first-order valence-corrected chi connectivity index (χ1v) is 7.02. The van der Waals surface area contributed by atoms with E-state index >= 15 is 0 Å². The third kappa shape index (κ3) is 3.49. The van der Waals surface area contributed by atoms with Gasteiger partial charge in [0.15, 0.2) is 0 Å². The maximum atomic E-state index is 12.4. The van der Waals surface area contributed by atoms with E-state index in [1.54, 1.807) is 12.1 Å². The van der Waals surface area contributed by atoms with E-state index in [0.29, 0.717) is 6.54 Å². The van der Waals surface area contributed by atoms with Gasteiger partial charge in [-0.2, -0.15) is 0 Å². The van der Waals surface area contributed by atoms with Gasteiger partial charge in [-0.15, -0.1) is 0 Å². The molecular formula is C15H23N3O2. The van der Waals surface area contributed by atoms with Crippen molar-refractivity contribution in [3.63, 3.8) is 0 Å². The second-order valence-corrected chi connectivity index (χ2v) is 5.65. The van der Waals surface area contributed by atoms with E-state index in [1.165, 1.54) is 0 Å². The Hall–Kier alpha value is -1.59. The molecule has 1 aliphatic rings. The smallest absolute Gasteiger partial charge is 0.240 e. The van der Waals surface area contributed by atoms with Crippen LogP contribution in [0, 0.1) is 0 Å². The van der Waals surface area contributed by atoms with Crippen molar-refractivity contribution in [3.05, 3.63) is 29.8 Å². The molecule has 0 spiro atoms. The van der Waals surface area contributed by atoms with Crippen molar-refractivity contribution in [3.8, 4) is 5.75 Å². The lowest BCUT2D eigenvalue weighted by molar-refractivity contribution is -0.132. The molecule has 1 amide bonds. The van der Waals surface area contributed by atoms with Gasteiger partial charge in [0.1, 0.15) is 5.75 Å². The maximum Gasteiger partial charge on any atom is 0.240 e. The van der Waals surface area contributed by atoms with Crippen LogP contribution in [0.1, 0.15) is 19.4 Å². The van der Waals surface area contributed by atoms with Crippen LogP contribution in [0.15, 0.2) is 24.3 Å². The van der Waals surface area contributed by atoms with Gasteiger partial charge in [0, 0.05) is 32.7 Å². The van der Waals surface area contributed by atoms with Crippen molar-refractivity contribution in [1.29, 1.82) is 0 Å². The number of carbonyl (C=O) groups is 1. The fourth-order valence-corrected chi connectivity index (χ4v) is 2.38. The first kappa shape index (κ1) is 14.8. The van der Waals surface area contributed by atoms with Crippen LogP contribution in [0.25, 0.3) is 0 Å². The summed E-state index contributed by atoms with van der Waals surface area (Å²) in [5, 5.41) is 15.5. The molecule has 0 aromatic heterocycles. The van der Waals surface area contributed by atoms with E-state index in [1.807, 2.05) is 26.0 Å². The predicted molar refractivity (Wildman–Crippen MR) is 78.5 cm³/mol. The average molecular weight is 277 g/mol. The van der Waals surface area contributed by atoms with Crippen molar-refractivity contribution in [2.45, 2.75) is 25.9 Å². The molecule has 5 heteroatoms. The molecule has 1 aliphatic heterocycles. The Labute approximate surface area is 120 Å². The van der Waals surface area contributed by atoms with Crippen LogP contribution in [0.4, 0.5) is 0 Å². The molecule has 5 nitrogen and oxygen atoms in total. The fourth-order valence-electron chi connectivity index (χ4n) is 2.38. The van der Waals surface area contributed by atoms with E-state index < -0.39 is 5.54 Å². The zero-order valence-electron chi connectivity index (χ0n) is 12.1. The van der Waals surface area contributed by atoms with Crippen LogP contribution in [0.5, 0.6) is 5.75 Å². The molecule has 1 aromatic rings. The van der Waals surface area contributed by atoms with Gasteiger partial charge >= 0.3 is 0 Å². The van der Waals surface area contributed by atoms with Crippen LogP contribution >= 0.6 is 0 Å². The van der Waals surface area contributed by atoms with Gasteiger partial charge in [-0.3, -0.25) is 9.69 Å². The lowest BCUT2D eigenvalue weighted by Gasteiger charge is -2.39. The van der Waals surface area contributed by atoms with E-state index in [0.717, 1.165) is 31.7 Å². The SMILES string of the molecule is CC(C)(C(=O)NCc1ccc(O)cc1)N1CCNCC1. The molecule has 0 atom stereocenters. The molecule has 3 N–H and O–H groups in total. The Morgan fingerprint density at radius 3 is 2.50 bits per heavy atom. The number of phenols is 1. The lowest BCUT2D eigenvalue weighted by Crippen LogP contribution is -2.59. The number of nitrogens with zero attached hydrogens (tertiary/aromatic N) is 1. The predicted octanol–water partition coefficient (Wildman–Crippen LogP) is 0.692. The van der Waals surface area contributed by atoms with Gasteiger partial charge in [-0.1, -0.05) is 12.1 Å². The van der Waals surface area contributed by atoms with Gasteiger partial charge in [0.25, 0.3) is 0 Å². The number of piperazine rings is 1. The molecule has 0 bridgehead atoms. The molecule has 2 rings (SSSR count). The summed E-state index contributed by atoms with van der Waals surface area (Å²) in [4.78, 5) is 14.6. The van der Waals surface area contributed by atoms with E-state index in [9.17, 15) is 9.90 Å². The number of amides is 1. The molecule has 0 radical (unpaired) electrons. The molecular weight excluding hydrogens is 254 g/mol. The van der Waals surface area contributed by atoms with Crippen molar-refractivity contribution in [2.75, 3.05) is 26.2 Å². The Morgan fingerprint density at radius 1 is 1.30 bits per heavy atom. The van der Waals surface area contributed by atoms with Crippen LogP contribution in [0.2, 0.25) is 0 Å². The van der Waals surface area contributed by atoms with Crippen LogP contribution < -0.4 is 10.6 Å². The Kier molecular flexibility index (Phi) is 4.62. The third-order valence-electron chi connectivity index (χ3n) is 3.85. The first-order valence-electron chi connectivity index (χ1n) is 7.02. The Balaban J connectivity index is 1.91. The number of benzene rings is 1. The summed E-state index contributed by atoms with van der Waals surface area (Å²) in [6, 6.07) is 6.88. The van der Waals surface area contributed by atoms with Crippen molar-refractivity contribution < 1.29 is 9.90 Å². The monoisotopic (exact) mass is 277 g/mol. The highest BCUT2D eigenvalue weighted by molar-refractivity contribution is 5.85. The molecule has 1 aromatic carbocycles. The lowest BCUT2D eigenvalue weighted by atomic mass is 10.0. The average Bonchev–Trinajstić information content (AvgIpc) is 2.47. The second kappa shape index (κ2) is 6.24. The minimum atomic E-state index is -0.501. The highest BCUT2D eigenvalue weighted by atomic mass is 16.3. The second-order valence-electron chi connectivity index (χ2n) is 5.65. The zero-order chi connectivity index (χ0) is 14.6. The zero-order valence-corrected chi connectivity index (χ0v) is 12.1. The standard InChI is InChI=1S/C15H23N3O2/c1-15(2,18-9-7-16-8-10-18)14(20)17-11-12-3-5-13(19)6-4-12/h3-6,16,19H,7-11H2,1-2H3,(H,17,20). The van der Waals surface area contributed by atoms with Crippen molar-refractivity contribution in [2.24, 2.45) is 0 Å². The number of rotatable bonds is 4. The van der Waals surface area contributed by atoms with E-state index in [2.05, 4.69) is 15.5 Å². The van der Waals surface area contributed by atoms with Gasteiger partial charge in [-0.25, -0.2) is 0 Å². The van der Waals surface area contributed by atoms with Gasteiger partial charge in [0.2, 0.25) is 5.91 Å². The summed E-state index contributed by atoms with van der Waals surface area (Å²) < 4.78 is 0. The van der Waals surface area contributed by atoms with Crippen molar-refractivity contribution >= 4 is 5.91 Å². The van der Waals surface area contributed by atoms with Crippen LogP contribution in [0.3, 0.4) is 0 Å². The molecule has 1 fully saturated rings. The highest BCUT2D eigenvalue weighted by Gasteiger charge is 2.34. The minimum Gasteiger partial charge on any atom is -0.508 e. The summed E-state index contributed by atoms with van der Waals surface area (Å²) in [6.07, 6.45) is 0. The van der Waals surface area contributed by atoms with Gasteiger partial charge in [-0.05, 0) is 31.5 Å². The number of carbonyl (C=O) groups excluding carboxylic acids is 1. The summed E-state index contributed by atoms with van der Waals surface area (Å²) in [5.74, 6) is 0.272. The third-order valence-corrected chi connectivity index (χ3v) is 3.85. The molecule has 110 valence electrons. The number of nitrogens with one attached hydrogen (secondary N) is 2. The molecule has 1 saturated heterocycles. The Bertz CT molecular complexity index is 451. The first-order chi connectivity index (χ1) is 9.50. The molecule has 1 heterocycles. The molecule has 20 heavy (non-hydrogen) atoms.